The molecule has 0 aromatic heterocycles. The minimum absolute atomic E-state index is 0.274. The third-order valence-electron chi connectivity index (χ3n) is 4.12. The fourth-order valence-corrected chi connectivity index (χ4v) is 4.40. The van der Waals surface area contributed by atoms with Crippen LogP contribution in [0.15, 0.2) is 40.8 Å². The van der Waals surface area contributed by atoms with Crippen LogP contribution in [0.4, 0.5) is 0 Å². The van der Waals surface area contributed by atoms with E-state index in [4.69, 9.17) is 4.74 Å². The van der Waals surface area contributed by atoms with Crippen molar-refractivity contribution >= 4 is 9.84 Å². The zero-order valence-electron chi connectivity index (χ0n) is 13.6. The monoisotopic (exact) mass is 323 g/mol. The maximum atomic E-state index is 12.7. The number of sulfone groups is 1. The Bertz CT molecular complexity index is 608. The molecule has 0 saturated carbocycles. The number of likely N-dealkylation sites (tertiary alicyclic amines) is 1. The molecule has 2 rings (SSSR count). The normalized spacial score (nSPS) is 17.2. The van der Waals surface area contributed by atoms with E-state index in [9.17, 15) is 8.42 Å². The van der Waals surface area contributed by atoms with Gasteiger partial charge >= 0.3 is 0 Å². The summed E-state index contributed by atoms with van der Waals surface area (Å²) in [5.41, 5.74) is 1.30. The molecule has 0 radical (unpaired) electrons. The summed E-state index contributed by atoms with van der Waals surface area (Å²) < 4.78 is 30.5. The zero-order chi connectivity index (χ0) is 16.2. The molecule has 1 aliphatic rings. The van der Waals surface area contributed by atoms with E-state index in [1.807, 2.05) is 0 Å². The van der Waals surface area contributed by atoms with Gasteiger partial charge in [0, 0.05) is 6.54 Å². The summed E-state index contributed by atoms with van der Waals surface area (Å²) in [5, 5.41) is -0.274. The number of ether oxygens (including phenoxy) is 1. The topological polar surface area (TPSA) is 46.6 Å². The van der Waals surface area contributed by atoms with Crippen molar-refractivity contribution in [2.45, 2.75) is 36.8 Å². The molecule has 0 aliphatic carbocycles. The average molecular weight is 323 g/mol. The molecule has 22 heavy (non-hydrogen) atoms. The molecule has 1 aromatic carbocycles. The second kappa shape index (κ2) is 7.29. The van der Waals surface area contributed by atoms with Crippen molar-refractivity contribution < 1.29 is 13.2 Å². The lowest BCUT2D eigenvalue weighted by molar-refractivity contribution is 0.252. The Morgan fingerprint density at radius 3 is 2.32 bits per heavy atom. The summed E-state index contributed by atoms with van der Waals surface area (Å²) >= 11 is 0. The lowest BCUT2D eigenvalue weighted by Gasteiger charge is -2.31. The molecule has 1 aromatic rings. The maximum absolute atomic E-state index is 12.7. The SMILES string of the molecule is COc1ccc(S(=O)(=O)C2CCN(CC=C(C)C)CC2)cc1. The van der Waals surface area contributed by atoms with Gasteiger partial charge in [0.25, 0.3) is 0 Å². The fourth-order valence-electron chi connectivity index (χ4n) is 2.67. The quantitative estimate of drug-likeness (QED) is 0.782. The Morgan fingerprint density at radius 1 is 1.23 bits per heavy atom. The maximum Gasteiger partial charge on any atom is 0.181 e. The van der Waals surface area contributed by atoms with E-state index in [1.54, 1.807) is 31.4 Å². The van der Waals surface area contributed by atoms with Crippen LogP contribution in [0, 0.1) is 0 Å². The van der Waals surface area contributed by atoms with Crippen LogP contribution < -0.4 is 4.74 Å². The second-order valence-corrected chi connectivity index (χ2v) is 8.23. The molecule has 0 spiro atoms. The van der Waals surface area contributed by atoms with Gasteiger partial charge < -0.3 is 4.74 Å². The van der Waals surface area contributed by atoms with E-state index in [1.165, 1.54) is 5.57 Å². The van der Waals surface area contributed by atoms with Crippen LogP contribution in [0.25, 0.3) is 0 Å². The number of nitrogens with zero attached hydrogens (tertiary/aromatic N) is 1. The Balaban J connectivity index is 2.01. The van der Waals surface area contributed by atoms with Crippen LogP contribution in [0.3, 0.4) is 0 Å². The summed E-state index contributed by atoms with van der Waals surface area (Å²) in [6.45, 7) is 6.76. The van der Waals surface area contributed by atoms with E-state index in [2.05, 4.69) is 24.8 Å². The molecule has 1 heterocycles. The van der Waals surface area contributed by atoms with Crippen molar-refractivity contribution in [1.29, 1.82) is 0 Å². The van der Waals surface area contributed by atoms with Crippen molar-refractivity contribution in [3.63, 3.8) is 0 Å². The van der Waals surface area contributed by atoms with Gasteiger partial charge in [0.1, 0.15) is 5.75 Å². The summed E-state index contributed by atoms with van der Waals surface area (Å²) in [6.07, 6.45) is 3.59. The van der Waals surface area contributed by atoms with Crippen molar-refractivity contribution in [1.82, 2.24) is 4.90 Å². The molecule has 4 nitrogen and oxygen atoms in total. The number of methoxy groups -OCH3 is 1. The number of piperidine rings is 1. The number of rotatable bonds is 5. The Morgan fingerprint density at radius 2 is 1.82 bits per heavy atom. The molecule has 122 valence electrons. The molecule has 1 aliphatic heterocycles. The average Bonchev–Trinajstić information content (AvgIpc) is 2.53. The van der Waals surface area contributed by atoms with Crippen LogP contribution in [0.5, 0.6) is 5.75 Å². The minimum Gasteiger partial charge on any atom is -0.497 e. The molecule has 0 bridgehead atoms. The van der Waals surface area contributed by atoms with E-state index in [0.29, 0.717) is 23.5 Å². The summed E-state index contributed by atoms with van der Waals surface area (Å²) in [4.78, 5) is 2.71. The van der Waals surface area contributed by atoms with Crippen LogP contribution >= 0.6 is 0 Å². The van der Waals surface area contributed by atoms with Gasteiger partial charge in [-0.2, -0.15) is 0 Å². The first-order chi connectivity index (χ1) is 10.4. The lowest BCUT2D eigenvalue weighted by atomic mass is 10.1. The molecule has 1 saturated heterocycles. The van der Waals surface area contributed by atoms with Gasteiger partial charge in [-0.05, 0) is 64.0 Å². The Labute approximate surface area is 133 Å². The van der Waals surface area contributed by atoms with E-state index < -0.39 is 9.84 Å². The third-order valence-corrected chi connectivity index (χ3v) is 6.40. The fraction of sp³-hybridized carbons (Fsp3) is 0.529. The van der Waals surface area contributed by atoms with Gasteiger partial charge in [-0.25, -0.2) is 8.42 Å². The van der Waals surface area contributed by atoms with Crippen molar-refractivity contribution in [2.75, 3.05) is 26.7 Å². The smallest absolute Gasteiger partial charge is 0.181 e. The van der Waals surface area contributed by atoms with Gasteiger partial charge in [0.05, 0.1) is 17.3 Å². The van der Waals surface area contributed by atoms with Crippen LogP contribution in [0.1, 0.15) is 26.7 Å². The number of hydrogen-bond acceptors (Lipinski definition) is 4. The molecule has 0 atom stereocenters. The molecule has 0 N–H and O–H groups in total. The largest absolute Gasteiger partial charge is 0.497 e. The molecule has 0 unspecified atom stereocenters. The van der Waals surface area contributed by atoms with E-state index in [-0.39, 0.29) is 5.25 Å². The van der Waals surface area contributed by atoms with Gasteiger partial charge in [0.15, 0.2) is 9.84 Å². The van der Waals surface area contributed by atoms with Gasteiger partial charge in [-0.15, -0.1) is 0 Å². The van der Waals surface area contributed by atoms with Crippen LogP contribution in [-0.2, 0) is 9.84 Å². The molecule has 5 heteroatoms. The zero-order valence-corrected chi connectivity index (χ0v) is 14.4. The second-order valence-electron chi connectivity index (χ2n) is 6.00. The van der Waals surface area contributed by atoms with Crippen molar-refractivity contribution in [3.8, 4) is 5.75 Å². The van der Waals surface area contributed by atoms with Crippen molar-refractivity contribution in [2.24, 2.45) is 0 Å². The first kappa shape index (κ1) is 17.0. The third kappa shape index (κ3) is 4.11. The van der Waals surface area contributed by atoms with Gasteiger partial charge in [-0.3, -0.25) is 4.90 Å². The van der Waals surface area contributed by atoms with Crippen LogP contribution in [0.2, 0.25) is 0 Å². The molecular formula is C17H25NO3S. The summed E-state index contributed by atoms with van der Waals surface area (Å²) in [5.74, 6) is 0.676. The standard InChI is InChI=1S/C17H25NO3S/c1-14(2)8-11-18-12-9-17(10-13-18)22(19,20)16-6-4-15(21-3)5-7-16/h4-8,17H,9-13H2,1-3H3. The first-order valence-electron chi connectivity index (χ1n) is 7.67. The molecular weight excluding hydrogens is 298 g/mol. The summed E-state index contributed by atoms with van der Waals surface area (Å²) in [7, 11) is -1.66. The molecule has 0 amide bonds. The van der Waals surface area contributed by atoms with E-state index >= 15 is 0 Å². The first-order valence-corrected chi connectivity index (χ1v) is 9.22. The highest BCUT2D eigenvalue weighted by molar-refractivity contribution is 7.92. The lowest BCUT2D eigenvalue weighted by Crippen LogP contribution is -2.39. The Kier molecular flexibility index (Phi) is 5.64. The van der Waals surface area contributed by atoms with E-state index in [0.717, 1.165) is 19.6 Å². The predicted molar refractivity (Wildman–Crippen MR) is 89.1 cm³/mol. The number of benzene rings is 1. The highest BCUT2D eigenvalue weighted by atomic mass is 32.2. The Hall–Kier alpha value is -1.33. The summed E-state index contributed by atoms with van der Waals surface area (Å²) in [6, 6.07) is 6.70. The highest BCUT2D eigenvalue weighted by Gasteiger charge is 2.30. The highest BCUT2D eigenvalue weighted by Crippen LogP contribution is 2.26. The predicted octanol–water partition coefficient (Wildman–Crippen LogP) is 2.90. The minimum atomic E-state index is -3.24. The van der Waals surface area contributed by atoms with Gasteiger partial charge in [0.2, 0.25) is 0 Å². The van der Waals surface area contributed by atoms with Gasteiger partial charge in [-0.1, -0.05) is 11.6 Å². The van der Waals surface area contributed by atoms with Crippen molar-refractivity contribution in [3.05, 3.63) is 35.9 Å². The van der Waals surface area contributed by atoms with Crippen LogP contribution in [-0.4, -0.2) is 45.3 Å². The number of allylic oxidation sites excluding steroid dienone is 1. The number of hydrogen-bond donors (Lipinski definition) is 0. The molecule has 1 fully saturated rings.